The van der Waals surface area contributed by atoms with Crippen LogP contribution in [0.5, 0.6) is 0 Å². The highest BCUT2D eigenvalue weighted by atomic mass is 35.5. The lowest BCUT2D eigenvalue weighted by atomic mass is 10.2. The lowest BCUT2D eigenvalue weighted by Crippen LogP contribution is -2.13. The number of hydrogen-bond donors (Lipinski definition) is 2. The third kappa shape index (κ3) is 2.57. The van der Waals surface area contributed by atoms with Gasteiger partial charge in [0.05, 0.1) is 22.5 Å². The Morgan fingerprint density at radius 1 is 1.33 bits per heavy atom. The van der Waals surface area contributed by atoms with Gasteiger partial charge in [-0.25, -0.2) is 9.37 Å². The molecular weight excluding hydrogens is 257 g/mol. The predicted octanol–water partition coefficient (Wildman–Crippen LogP) is 2.71. The minimum Gasteiger partial charge on any atom is -0.384 e. The lowest BCUT2D eigenvalue weighted by Gasteiger charge is -2.06. The van der Waals surface area contributed by atoms with Gasteiger partial charge >= 0.3 is 0 Å². The number of anilines is 2. The molecule has 0 aliphatic heterocycles. The average Bonchev–Trinajstić information content (AvgIpc) is 2.35. The van der Waals surface area contributed by atoms with E-state index < -0.39 is 11.7 Å². The second-order valence-electron chi connectivity index (χ2n) is 3.53. The van der Waals surface area contributed by atoms with Crippen LogP contribution in [0.3, 0.4) is 0 Å². The molecule has 0 saturated heterocycles. The molecule has 0 saturated carbocycles. The van der Waals surface area contributed by atoms with Crippen LogP contribution in [-0.4, -0.2) is 10.9 Å². The van der Waals surface area contributed by atoms with Gasteiger partial charge in [-0.05, 0) is 24.3 Å². The molecule has 18 heavy (non-hydrogen) atoms. The van der Waals surface area contributed by atoms with E-state index in [0.29, 0.717) is 11.5 Å². The highest BCUT2D eigenvalue weighted by molar-refractivity contribution is 6.34. The maximum absolute atomic E-state index is 13.2. The number of amides is 1. The van der Waals surface area contributed by atoms with Crippen LogP contribution in [-0.2, 0) is 0 Å². The molecule has 0 bridgehead atoms. The maximum atomic E-state index is 13.2. The number of carbonyl (C=O) groups is 1. The monoisotopic (exact) mass is 265 g/mol. The van der Waals surface area contributed by atoms with Crippen LogP contribution in [0.2, 0.25) is 5.02 Å². The molecule has 92 valence electrons. The second kappa shape index (κ2) is 5.01. The van der Waals surface area contributed by atoms with Crippen LogP contribution < -0.4 is 11.1 Å². The Hall–Kier alpha value is -2.14. The molecule has 0 aliphatic rings. The molecule has 0 radical (unpaired) electrons. The van der Waals surface area contributed by atoms with Crippen molar-refractivity contribution in [2.75, 3.05) is 11.1 Å². The van der Waals surface area contributed by atoms with Gasteiger partial charge in [0.25, 0.3) is 5.91 Å². The van der Waals surface area contributed by atoms with Crippen molar-refractivity contribution in [3.63, 3.8) is 0 Å². The van der Waals surface area contributed by atoms with Crippen LogP contribution in [0.25, 0.3) is 0 Å². The maximum Gasteiger partial charge on any atom is 0.257 e. The fraction of sp³-hybridized carbons (Fsp3) is 0. The molecule has 4 nitrogen and oxygen atoms in total. The van der Waals surface area contributed by atoms with E-state index in [4.69, 9.17) is 17.3 Å². The van der Waals surface area contributed by atoms with Crippen molar-refractivity contribution < 1.29 is 9.18 Å². The summed E-state index contributed by atoms with van der Waals surface area (Å²) in [6.07, 6.45) is 1.40. The fourth-order valence-corrected chi connectivity index (χ4v) is 1.57. The molecule has 0 fully saturated rings. The van der Waals surface area contributed by atoms with Crippen LogP contribution in [0, 0.1) is 5.82 Å². The molecule has 0 atom stereocenters. The van der Waals surface area contributed by atoms with Gasteiger partial charge in [-0.3, -0.25) is 4.79 Å². The van der Waals surface area contributed by atoms with Gasteiger partial charge in [0.15, 0.2) is 0 Å². The predicted molar refractivity (Wildman–Crippen MR) is 68.0 cm³/mol. The number of halogens is 2. The lowest BCUT2D eigenvalue weighted by molar-refractivity contribution is 0.102. The number of nitrogens with zero attached hydrogens (tertiary/aromatic N) is 1. The van der Waals surface area contributed by atoms with E-state index in [9.17, 15) is 9.18 Å². The van der Waals surface area contributed by atoms with Crippen LogP contribution in [0.1, 0.15) is 10.4 Å². The Bertz CT molecular complexity index is 586. The molecule has 1 heterocycles. The number of nitrogens with one attached hydrogen (secondary N) is 1. The Morgan fingerprint density at radius 3 is 2.78 bits per heavy atom. The van der Waals surface area contributed by atoms with E-state index in [2.05, 4.69) is 10.3 Å². The average molecular weight is 266 g/mol. The molecule has 2 aromatic rings. The number of nitrogen functional groups attached to an aromatic ring is 1. The number of hydrogen-bond acceptors (Lipinski definition) is 3. The molecule has 0 aliphatic carbocycles. The summed E-state index contributed by atoms with van der Waals surface area (Å²) >= 11 is 5.71. The number of rotatable bonds is 2. The van der Waals surface area contributed by atoms with Crippen LogP contribution >= 0.6 is 11.6 Å². The summed E-state index contributed by atoms with van der Waals surface area (Å²) in [5, 5.41) is 2.34. The summed E-state index contributed by atoms with van der Waals surface area (Å²) in [6, 6.07) is 7.17. The zero-order chi connectivity index (χ0) is 13.1. The SMILES string of the molecule is Nc1ccc(NC(=O)c2cccc(F)c2Cl)cn1. The third-order valence-electron chi connectivity index (χ3n) is 2.24. The quantitative estimate of drug-likeness (QED) is 0.877. The van der Waals surface area contributed by atoms with Crippen molar-refractivity contribution in [2.24, 2.45) is 0 Å². The van der Waals surface area contributed by atoms with Gasteiger partial charge in [0, 0.05) is 0 Å². The summed E-state index contributed by atoms with van der Waals surface area (Å²) in [4.78, 5) is 15.7. The molecule has 2 rings (SSSR count). The van der Waals surface area contributed by atoms with Crippen LogP contribution in [0.15, 0.2) is 36.5 Å². The normalized spacial score (nSPS) is 10.1. The van der Waals surface area contributed by atoms with Crippen molar-refractivity contribution in [1.82, 2.24) is 4.98 Å². The van der Waals surface area contributed by atoms with Crippen molar-refractivity contribution in [2.45, 2.75) is 0 Å². The largest absolute Gasteiger partial charge is 0.384 e. The first-order chi connectivity index (χ1) is 8.58. The van der Waals surface area contributed by atoms with Crippen molar-refractivity contribution >= 4 is 29.0 Å². The number of nitrogens with two attached hydrogens (primary N) is 1. The topological polar surface area (TPSA) is 68.0 Å². The van der Waals surface area contributed by atoms with E-state index in [0.717, 1.165) is 0 Å². The van der Waals surface area contributed by atoms with E-state index in [-0.39, 0.29) is 10.6 Å². The van der Waals surface area contributed by atoms with E-state index in [1.165, 1.54) is 24.4 Å². The van der Waals surface area contributed by atoms with Gasteiger partial charge in [-0.2, -0.15) is 0 Å². The molecule has 0 spiro atoms. The molecule has 1 aromatic heterocycles. The molecule has 0 unspecified atom stereocenters. The summed E-state index contributed by atoms with van der Waals surface area (Å²) in [5.74, 6) is -0.803. The van der Waals surface area contributed by atoms with E-state index in [1.807, 2.05) is 0 Å². The molecule has 1 aromatic carbocycles. The van der Waals surface area contributed by atoms with Gasteiger partial charge in [0.1, 0.15) is 11.6 Å². The summed E-state index contributed by atoms with van der Waals surface area (Å²) in [7, 11) is 0. The summed E-state index contributed by atoms with van der Waals surface area (Å²) < 4.78 is 13.2. The van der Waals surface area contributed by atoms with E-state index >= 15 is 0 Å². The highest BCUT2D eigenvalue weighted by Crippen LogP contribution is 2.20. The van der Waals surface area contributed by atoms with Crippen molar-refractivity contribution in [3.8, 4) is 0 Å². The van der Waals surface area contributed by atoms with Gasteiger partial charge in [0.2, 0.25) is 0 Å². The van der Waals surface area contributed by atoms with Crippen LogP contribution in [0.4, 0.5) is 15.9 Å². The van der Waals surface area contributed by atoms with Gasteiger partial charge in [-0.1, -0.05) is 17.7 Å². The first-order valence-corrected chi connectivity index (χ1v) is 5.42. The smallest absolute Gasteiger partial charge is 0.257 e. The Labute approximate surface area is 108 Å². The molecular formula is C12H9ClFN3O. The van der Waals surface area contributed by atoms with Crippen molar-refractivity contribution in [1.29, 1.82) is 0 Å². The number of carbonyl (C=O) groups excluding carboxylic acids is 1. The second-order valence-corrected chi connectivity index (χ2v) is 3.91. The number of aromatic nitrogens is 1. The first-order valence-electron chi connectivity index (χ1n) is 5.05. The Balaban J connectivity index is 2.22. The van der Waals surface area contributed by atoms with Gasteiger partial charge < -0.3 is 11.1 Å². The molecule has 1 amide bonds. The highest BCUT2D eigenvalue weighted by Gasteiger charge is 2.13. The zero-order valence-electron chi connectivity index (χ0n) is 9.15. The number of pyridine rings is 1. The van der Waals surface area contributed by atoms with Crippen molar-refractivity contribution in [3.05, 3.63) is 52.9 Å². The zero-order valence-corrected chi connectivity index (χ0v) is 9.91. The fourth-order valence-electron chi connectivity index (χ4n) is 1.36. The Morgan fingerprint density at radius 2 is 2.11 bits per heavy atom. The number of benzene rings is 1. The Kier molecular flexibility index (Phi) is 3.43. The molecule has 3 N–H and O–H groups in total. The van der Waals surface area contributed by atoms with Gasteiger partial charge in [-0.15, -0.1) is 0 Å². The summed E-state index contributed by atoms with van der Waals surface area (Å²) in [6.45, 7) is 0. The first kappa shape index (κ1) is 12.3. The standard InChI is InChI=1S/C12H9ClFN3O/c13-11-8(2-1-3-9(11)14)12(18)17-7-4-5-10(15)16-6-7/h1-6H,(H2,15,16)(H,17,18). The van der Waals surface area contributed by atoms with E-state index in [1.54, 1.807) is 12.1 Å². The minimum absolute atomic E-state index is 0.0634. The third-order valence-corrected chi connectivity index (χ3v) is 2.62. The molecule has 6 heteroatoms. The minimum atomic E-state index is -0.639. The summed E-state index contributed by atoms with van der Waals surface area (Å²) in [5.41, 5.74) is 5.93.